The quantitative estimate of drug-likeness (QED) is 0.342. The number of anilines is 3. The standard InChI is InChI=1S/C28H24N4O5/c1-17-29-24(18-8-5-4-6-9-18)16-25(30-17)31-22-11-7-10-19(13-22)26(33)32-23-14-20(27(34)36-2)12-21(15-23)28(35)37-3/h4-16H,1-3H3,(H,32,33)(H,29,30,31). The van der Waals surface area contributed by atoms with Gasteiger partial charge in [-0.3, -0.25) is 4.79 Å². The van der Waals surface area contributed by atoms with Gasteiger partial charge in [-0.05, 0) is 43.3 Å². The highest BCUT2D eigenvalue weighted by Gasteiger charge is 2.16. The Morgan fingerprint density at radius 2 is 1.35 bits per heavy atom. The van der Waals surface area contributed by atoms with E-state index in [-0.39, 0.29) is 16.8 Å². The van der Waals surface area contributed by atoms with Crippen molar-refractivity contribution in [3.63, 3.8) is 0 Å². The summed E-state index contributed by atoms with van der Waals surface area (Å²) in [5, 5.41) is 5.94. The Kier molecular flexibility index (Phi) is 7.53. The molecule has 0 aliphatic heterocycles. The Bertz CT molecular complexity index is 1440. The van der Waals surface area contributed by atoms with Crippen LogP contribution in [-0.2, 0) is 9.47 Å². The molecule has 0 atom stereocenters. The van der Waals surface area contributed by atoms with E-state index in [2.05, 4.69) is 20.6 Å². The second-order valence-corrected chi connectivity index (χ2v) is 7.99. The van der Waals surface area contributed by atoms with Gasteiger partial charge in [-0.15, -0.1) is 0 Å². The molecule has 4 rings (SSSR count). The zero-order chi connectivity index (χ0) is 26.4. The monoisotopic (exact) mass is 496 g/mol. The van der Waals surface area contributed by atoms with Gasteiger partial charge in [0.25, 0.3) is 5.91 Å². The van der Waals surface area contributed by atoms with E-state index < -0.39 is 17.8 Å². The number of nitrogens with one attached hydrogen (secondary N) is 2. The zero-order valence-electron chi connectivity index (χ0n) is 20.4. The molecule has 0 radical (unpaired) electrons. The van der Waals surface area contributed by atoms with Gasteiger partial charge in [0.05, 0.1) is 31.0 Å². The van der Waals surface area contributed by atoms with E-state index in [1.807, 2.05) is 49.4 Å². The number of aromatic nitrogens is 2. The molecule has 4 aromatic rings. The molecule has 186 valence electrons. The average molecular weight is 497 g/mol. The molecule has 0 aliphatic rings. The summed E-state index contributed by atoms with van der Waals surface area (Å²) in [7, 11) is 2.46. The fraction of sp³-hybridized carbons (Fsp3) is 0.107. The molecule has 0 saturated heterocycles. The SMILES string of the molecule is COC(=O)c1cc(NC(=O)c2cccc(Nc3cc(-c4ccccc4)nc(C)n3)c2)cc(C(=O)OC)c1. The molecule has 1 amide bonds. The number of esters is 2. The van der Waals surface area contributed by atoms with Crippen LogP contribution in [0.2, 0.25) is 0 Å². The van der Waals surface area contributed by atoms with Gasteiger partial charge in [0, 0.05) is 28.6 Å². The smallest absolute Gasteiger partial charge is 0.337 e. The molecule has 0 spiro atoms. The average Bonchev–Trinajstić information content (AvgIpc) is 2.92. The minimum Gasteiger partial charge on any atom is -0.465 e. The molecule has 0 bridgehead atoms. The van der Waals surface area contributed by atoms with Crippen LogP contribution in [0.15, 0.2) is 78.9 Å². The lowest BCUT2D eigenvalue weighted by Gasteiger charge is -2.12. The highest BCUT2D eigenvalue weighted by Crippen LogP contribution is 2.23. The van der Waals surface area contributed by atoms with E-state index in [1.54, 1.807) is 18.2 Å². The van der Waals surface area contributed by atoms with E-state index >= 15 is 0 Å². The van der Waals surface area contributed by atoms with Crippen molar-refractivity contribution >= 4 is 35.0 Å². The summed E-state index contributed by atoms with van der Waals surface area (Å²) >= 11 is 0. The highest BCUT2D eigenvalue weighted by atomic mass is 16.5. The molecule has 0 fully saturated rings. The first-order valence-corrected chi connectivity index (χ1v) is 11.3. The highest BCUT2D eigenvalue weighted by molar-refractivity contribution is 6.06. The topological polar surface area (TPSA) is 120 Å². The first-order chi connectivity index (χ1) is 17.9. The van der Waals surface area contributed by atoms with Crippen molar-refractivity contribution in [1.82, 2.24) is 9.97 Å². The van der Waals surface area contributed by atoms with Gasteiger partial charge in [-0.2, -0.15) is 0 Å². The summed E-state index contributed by atoms with van der Waals surface area (Å²) in [5.41, 5.74) is 3.17. The molecule has 0 aliphatic carbocycles. The Morgan fingerprint density at radius 3 is 2.00 bits per heavy atom. The molecule has 0 unspecified atom stereocenters. The lowest BCUT2D eigenvalue weighted by Crippen LogP contribution is -2.14. The number of aryl methyl sites for hydroxylation is 1. The van der Waals surface area contributed by atoms with Crippen LogP contribution in [0.5, 0.6) is 0 Å². The number of carbonyl (C=O) groups is 3. The van der Waals surface area contributed by atoms with Crippen LogP contribution in [-0.4, -0.2) is 42.0 Å². The summed E-state index contributed by atoms with van der Waals surface area (Å²) in [6, 6.07) is 22.6. The molecule has 0 saturated carbocycles. The number of hydrogen-bond acceptors (Lipinski definition) is 8. The number of benzene rings is 3. The van der Waals surface area contributed by atoms with Crippen LogP contribution < -0.4 is 10.6 Å². The normalized spacial score (nSPS) is 10.4. The molecule has 37 heavy (non-hydrogen) atoms. The van der Waals surface area contributed by atoms with Gasteiger partial charge < -0.3 is 20.1 Å². The lowest BCUT2D eigenvalue weighted by atomic mass is 10.1. The molecule has 9 heteroatoms. The maximum Gasteiger partial charge on any atom is 0.337 e. The molecule has 9 nitrogen and oxygen atoms in total. The van der Waals surface area contributed by atoms with Gasteiger partial charge >= 0.3 is 11.9 Å². The van der Waals surface area contributed by atoms with Crippen LogP contribution in [0, 0.1) is 6.92 Å². The third kappa shape index (κ3) is 6.15. The second-order valence-electron chi connectivity index (χ2n) is 7.99. The fourth-order valence-electron chi connectivity index (χ4n) is 3.65. The van der Waals surface area contributed by atoms with Gasteiger partial charge in [0.15, 0.2) is 0 Å². The van der Waals surface area contributed by atoms with Crippen LogP contribution in [0.25, 0.3) is 11.3 Å². The molecule has 3 aromatic carbocycles. The van der Waals surface area contributed by atoms with E-state index in [0.717, 1.165) is 11.3 Å². The molecule has 2 N–H and O–H groups in total. The minimum atomic E-state index is -0.650. The van der Waals surface area contributed by atoms with Crippen molar-refractivity contribution in [3.8, 4) is 11.3 Å². The molecular weight excluding hydrogens is 472 g/mol. The Labute approximate surface area is 213 Å². The van der Waals surface area contributed by atoms with Crippen molar-refractivity contribution in [1.29, 1.82) is 0 Å². The lowest BCUT2D eigenvalue weighted by molar-refractivity contribution is 0.0599. The number of methoxy groups -OCH3 is 2. The predicted molar refractivity (Wildman–Crippen MR) is 139 cm³/mol. The first kappa shape index (κ1) is 25.1. The summed E-state index contributed by atoms with van der Waals surface area (Å²) in [6.07, 6.45) is 0. The van der Waals surface area contributed by atoms with Crippen LogP contribution >= 0.6 is 0 Å². The zero-order valence-corrected chi connectivity index (χ0v) is 20.4. The largest absolute Gasteiger partial charge is 0.465 e. The molecule has 1 aromatic heterocycles. The van der Waals surface area contributed by atoms with Gasteiger partial charge in [-0.1, -0.05) is 36.4 Å². The van der Waals surface area contributed by atoms with Crippen molar-refractivity contribution < 1.29 is 23.9 Å². The van der Waals surface area contributed by atoms with E-state index in [9.17, 15) is 14.4 Å². The van der Waals surface area contributed by atoms with Gasteiger partial charge in [-0.25, -0.2) is 19.6 Å². The van der Waals surface area contributed by atoms with Crippen molar-refractivity contribution in [2.45, 2.75) is 6.92 Å². The van der Waals surface area contributed by atoms with Gasteiger partial charge in [0.2, 0.25) is 0 Å². The van der Waals surface area contributed by atoms with Crippen LogP contribution in [0.4, 0.5) is 17.2 Å². The summed E-state index contributed by atoms with van der Waals surface area (Å²) in [4.78, 5) is 46.1. The maximum atomic E-state index is 13.0. The number of rotatable bonds is 7. The number of carbonyl (C=O) groups excluding carboxylic acids is 3. The minimum absolute atomic E-state index is 0.101. The van der Waals surface area contributed by atoms with Crippen LogP contribution in [0.3, 0.4) is 0 Å². The number of hydrogen-bond donors (Lipinski definition) is 2. The predicted octanol–water partition coefficient (Wildman–Crippen LogP) is 5.02. The van der Waals surface area contributed by atoms with Crippen molar-refractivity contribution in [2.75, 3.05) is 24.9 Å². The molecular formula is C28H24N4O5. The third-order valence-electron chi connectivity index (χ3n) is 5.34. The Hall–Kier alpha value is -5.05. The first-order valence-electron chi connectivity index (χ1n) is 11.3. The molecule has 1 heterocycles. The van der Waals surface area contributed by atoms with Crippen LogP contribution in [0.1, 0.15) is 36.9 Å². The number of ether oxygens (including phenoxy) is 2. The summed E-state index contributed by atoms with van der Waals surface area (Å²) < 4.78 is 9.49. The third-order valence-corrected chi connectivity index (χ3v) is 5.34. The number of nitrogens with zero attached hydrogens (tertiary/aromatic N) is 2. The Morgan fingerprint density at radius 1 is 0.703 bits per heavy atom. The Balaban J connectivity index is 1.57. The van der Waals surface area contributed by atoms with E-state index in [1.165, 1.54) is 32.4 Å². The second kappa shape index (κ2) is 11.1. The van der Waals surface area contributed by atoms with Gasteiger partial charge in [0.1, 0.15) is 11.6 Å². The number of amides is 1. The summed E-state index contributed by atoms with van der Waals surface area (Å²) in [6.45, 7) is 1.81. The van der Waals surface area contributed by atoms with E-state index in [0.29, 0.717) is 22.9 Å². The maximum absolute atomic E-state index is 13.0. The summed E-state index contributed by atoms with van der Waals surface area (Å²) in [5.74, 6) is -0.558. The van der Waals surface area contributed by atoms with Crippen molar-refractivity contribution in [3.05, 3.63) is 101 Å². The fourth-order valence-corrected chi connectivity index (χ4v) is 3.65. The van der Waals surface area contributed by atoms with E-state index in [4.69, 9.17) is 9.47 Å². The van der Waals surface area contributed by atoms with Crippen molar-refractivity contribution in [2.24, 2.45) is 0 Å².